The number of fused-ring (bicyclic) bond motifs is 1. The largest absolute Gasteiger partial charge is 0.469 e. The molecule has 0 amide bonds. The molecule has 1 saturated heterocycles. The van der Waals surface area contributed by atoms with E-state index in [-0.39, 0.29) is 0 Å². The maximum absolute atomic E-state index is 5.46. The van der Waals surface area contributed by atoms with Crippen LogP contribution in [0.25, 0.3) is 10.9 Å². The van der Waals surface area contributed by atoms with E-state index >= 15 is 0 Å². The van der Waals surface area contributed by atoms with Crippen LogP contribution in [-0.4, -0.2) is 43.8 Å². The van der Waals surface area contributed by atoms with Crippen molar-refractivity contribution in [2.45, 2.75) is 19.3 Å². The molecule has 1 fully saturated rings. The fourth-order valence-electron chi connectivity index (χ4n) is 3.46. The van der Waals surface area contributed by atoms with E-state index in [0.717, 1.165) is 63.8 Å². The number of nitrogens with one attached hydrogen (secondary N) is 3. The molecule has 4 rings (SSSR count). The van der Waals surface area contributed by atoms with Gasteiger partial charge in [-0.1, -0.05) is 18.2 Å². The highest BCUT2D eigenvalue weighted by Gasteiger charge is 2.15. The number of H-pyrrole nitrogens is 1. The SMILES string of the molecule is c1coc(CCNC(=NCC2CCOC2)NCCc2cc3ccccc3[nH]2)c1. The van der Waals surface area contributed by atoms with Crippen molar-refractivity contribution in [3.05, 3.63) is 60.2 Å². The van der Waals surface area contributed by atoms with Gasteiger partial charge in [0.1, 0.15) is 5.76 Å². The number of nitrogens with zero attached hydrogens (tertiary/aromatic N) is 1. The van der Waals surface area contributed by atoms with Crippen LogP contribution in [0.15, 0.2) is 58.1 Å². The number of aromatic amines is 1. The maximum atomic E-state index is 5.46. The van der Waals surface area contributed by atoms with Gasteiger partial charge in [-0.2, -0.15) is 0 Å². The van der Waals surface area contributed by atoms with Crippen LogP contribution in [0.4, 0.5) is 0 Å². The third-order valence-electron chi connectivity index (χ3n) is 5.05. The quantitative estimate of drug-likeness (QED) is 0.415. The fourth-order valence-corrected chi connectivity index (χ4v) is 3.46. The predicted molar refractivity (Wildman–Crippen MR) is 112 cm³/mol. The van der Waals surface area contributed by atoms with Crippen molar-refractivity contribution >= 4 is 16.9 Å². The number of furan rings is 1. The Kier molecular flexibility index (Phi) is 6.29. The van der Waals surface area contributed by atoms with E-state index in [1.54, 1.807) is 6.26 Å². The molecule has 3 N–H and O–H groups in total. The van der Waals surface area contributed by atoms with Gasteiger partial charge in [-0.15, -0.1) is 0 Å². The normalized spacial score (nSPS) is 17.3. The highest BCUT2D eigenvalue weighted by Crippen LogP contribution is 2.15. The third kappa shape index (κ3) is 5.16. The van der Waals surface area contributed by atoms with Crippen LogP contribution in [0.1, 0.15) is 17.9 Å². The first-order valence-corrected chi connectivity index (χ1v) is 10.1. The fraction of sp³-hybridized carbons (Fsp3) is 0.409. The van der Waals surface area contributed by atoms with Gasteiger partial charge in [0.05, 0.1) is 12.9 Å². The monoisotopic (exact) mass is 380 g/mol. The summed E-state index contributed by atoms with van der Waals surface area (Å²) >= 11 is 0. The van der Waals surface area contributed by atoms with Crippen molar-refractivity contribution in [1.29, 1.82) is 0 Å². The van der Waals surface area contributed by atoms with Crippen LogP contribution in [0.3, 0.4) is 0 Å². The molecule has 1 aromatic carbocycles. The maximum Gasteiger partial charge on any atom is 0.191 e. The lowest BCUT2D eigenvalue weighted by Gasteiger charge is -2.13. The molecule has 2 aromatic heterocycles. The van der Waals surface area contributed by atoms with Crippen molar-refractivity contribution in [2.75, 3.05) is 32.8 Å². The summed E-state index contributed by atoms with van der Waals surface area (Å²) in [5, 5.41) is 8.14. The molecule has 1 atom stereocenters. The standard InChI is InChI=1S/C22H28N4O2/c1-2-6-21-18(4-1)14-19(26-21)7-10-23-22(25-15-17-9-13-27-16-17)24-11-8-20-5-3-12-28-20/h1-6,12,14,17,26H,7-11,13,15-16H2,(H2,23,24,25). The number of aliphatic imine (C=N–C) groups is 1. The Labute approximate surface area is 165 Å². The van der Waals surface area contributed by atoms with Gasteiger partial charge in [-0.05, 0) is 36.1 Å². The summed E-state index contributed by atoms with van der Waals surface area (Å²) in [7, 11) is 0. The summed E-state index contributed by atoms with van der Waals surface area (Å²) in [4.78, 5) is 8.25. The van der Waals surface area contributed by atoms with Crippen molar-refractivity contribution in [3.8, 4) is 0 Å². The van der Waals surface area contributed by atoms with E-state index in [9.17, 15) is 0 Å². The van der Waals surface area contributed by atoms with E-state index in [4.69, 9.17) is 14.1 Å². The molecule has 6 heteroatoms. The van der Waals surface area contributed by atoms with Gasteiger partial charge >= 0.3 is 0 Å². The molecule has 0 radical (unpaired) electrons. The number of hydrogen-bond donors (Lipinski definition) is 3. The van der Waals surface area contributed by atoms with Crippen molar-refractivity contribution in [3.63, 3.8) is 0 Å². The molecule has 6 nitrogen and oxygen atoms in total. The minimum atomic E-state index is 0.525. The van der Waals surface area contributed by atoms with Crippen LogP contribution in [0, 0.1) is 5.92 Å². The number of rotatable bonds is 8. The van der Waals surface area contributed by atoms with E-state index in [1.807, 2.05) is 12.1 Å². The van der Waals surface area contributed by atoms with Gasteiger partial charge in [-0.25, -0.2) is 0 Å². The van der Waals surface area contributed by atoms with Gasteiger partial charge in [0, 0.05) is 56.2 Å². The number of benzene rings is 1. The molecule has 3 heterocycles. The lowest BCUT2D eigenvalue weighted by Crippen LogP contribution is -2.39. The molecule has 28 heavy (non-hydrogen) atoms. The zero-order valence-electron chi connectivity index (χ0n) is 16.1. The summed E-state index contributed by atoms with van der Waals surface area (Å²) in [5.74, 6) is 2.36. The van der Waals surface area contributed by atoms with E-state index in [2.05, 4.69) is 45.9 Å². The molecule has 148 valence electrons. The highest BCUT2D eigenvalue weighted by atomic mass is 16.5. The molecule has 1 unspecified atom stereocenters. The van der Waals surface area contributed by atoms with Crippen molar-refractivity contribution in [1.82, 2.24) is 15.6 Å². The lowest BCUT2D eigenvalue weighted by molar-refractivity contribution is 0.187. The van der Waals surface area contributed by atoms with Crippen molar-refractivity contribution < 1.29 is 9.15 Å². The molecule has 1 aliphatic rings. The third-order valence-corrected chi connectivity index (χ3v) is 5.05. The van der Waals surface area contributed by atoms with Gasteiger partial charge in [0.2, 0.25) is 0 Å². The summed E-state index contributed by atoms with van der Waals surface area (Å²) in [6.07, 6.45) is 4.56. The summed E-state index contributed by atoms with van der Waals surface area (Å²) in [5.41, 5.74) is 2.41. The minimum absolute atomic E-state index is 0.525. The lowest BCUT2D eigenvalue weighted by atomic mass is 10.1. The van der Waals surface area contributed by atoms with E-state index in [0.29, 0.717) is 5.92 Å². The molecule has 0 spiro atoms. The zero-order chi connectivity index (χ0) is 19.0. The van der Waals surface area contributed by atoms with Gasteiger partial charge in [0.15, 0.2) is 5.96 Å². The average molecular weight is 380 g/mol. The average Bonchev–Trinajstić information content (AvgIpc) is 3.46. The van der Waals surface area contributed by atoms with Crippen LogP contribution in [0.2, 0.25) is 0 Å². The summed E-state index contributed by atoms with van der Waals surface area (Å²) in [6, 6.07) is 14.5. The van der Waals surface area contributed by atoms with Gasteiger partial charge in [0.25, 0.3) is 0 Å². The Morgan fingerprint density at radius 2 is 2.00 bits per heavy atom. The zero-order valence-corrected chi connectivity index (χ0v) is 16.1. The van der Waals surface area contributed by atoms with Crippen LogP contribution >= 0.6 is 0 Å². The van der Waals surface area contributed by atoms with Crippen LogP contribution < -0.4 is 10.6 Å². The number of ether oxygens (including phenoxy) is 1. The van der Waals surface area contributed by atoms with Gasteiger partial charge < -0.3 is 24.8 Å². The molecular weight excluding hydrogens is 352 g/mol. The number of hydrogen-bond acceptors (Lipinski definition) is 3. The summed E-state index contributed by atoms with van der Waals surface area (Å²) in [6.45, 7) is 4.07. The minimum Gasteiger partial charge on any atom is -0.469 e. The highest BCUT2D eigenvalue weighted by molar-refractivity contribution is 5.81. The topological polar surface area (TPSA) is 74.6 Å². The second-order valence-electron chi connectivity index (χ2n) is 7.23. The Morgan fingerprint density at radius 1 is 1.11 bits per heavy atom. The second kappa shape index (κ2) is 9.46. The van der Waals surface area contributed by atoms with Crippen molar-refractivity contribution in [2.24, 2.45) is 10.9 Å². The van der Waals surface area contributed by atoms with Gasteiger partial charge in [-0.3, -0.25) is 4.99 Å². The Balaban J connectivity index is 1.29. The van der Waals surface area contributed by atoms with E-state index in [1.165, 1.54) is 16.6 Å². The Bertz CT molecular complexity index is 846. The molecule has 0 saturated carbocycles. The predicted octanol–water partition coefficient (Wildman–Crippen LogP) is 3.12. The molecule has 0 aliphatic carbocycles. The Hall–Kier alpha value is -2.73. The Morgan fingerprint density at radius 3 is 2.79 bits per heavy atom. The van der Waals surface area contributed by atoms with Crippen LogP contribution in [-0.2, 0) is 17.6 Å². The first-order valence-electron chi connectivity index (χ1n) is 10.1. The number of para-hydroxylation sites is 1. The molecular formula is C22H28N4O2. The van der Waals surface area contributed by atoms with E-state index < -0.39 is 0 Å². The summed E-state index contributed by atoms with van der Waals surface area (Å²) < 4.78 is 10.9. The second-order valence-corrected chi connectivity index (χ2v) is 7.23. The van der Waals surface area contributed by atoms with Crippen LogP contribution in [0.5, 0.6) is 0 Å². The molecule has 0 bridgehead atoms. The smallest absolute Gasteiger partial charge is 0.191 e. The molecule has 3 aromatic rings. The number of guanidine groups is 1. The number of aromatic nitrogens is 1. The first kappa shape index (κ1) is 18.6. The molecule has 1 aliphatic heterocycles. The first-order chi connectivity index (χ1) is 13.9.